The molecule has 0 spiro atoms. The average molecular weight is 617 g/mol. The predicted octanol–water partition coefficient (Wildman–Crippen LogP) is 8.56. The van der Waals surface area contributed by atoms with Crippen LogP contribution in [-0.2, 0) is 11.2 Å². The van der Waals surface area contributed by atoms with Gasteiger partial charge in [-0.15, -0.1) is 0 Å². The summed E-state index contributed by atoms with van der Waals surface area (Å²) in [5.41, 5.74) is 4.94. The molecular formula is C40H64N4O. The highest BCUT2D eigenvalue weighted by molar-refractivity contribution is 5.79. The first-order chi connectivity index (χ1) is 21.5. The molecule has 2 saturated heterocycles. The number of amides is 1. The van der Waals surface area contributed by atoms with Crippen LogP contribution >= 0.6 is 0 Å². The number of carbonyl (C=O) groups excluding carboxylic acids is 1. The molecule has 45 heavy (non-hydrogen) atoms. The molecular weight excluding hydrogens is 552 g/mol. The summed E-state index contributed by atoms with van der Waals surface area (Å²) in [6.07, 6.45) is 5.72. The van der Waals surface area contributed by atoms with Gasteiger partial charge in [0.1, 0.15) is 0 Å². The molecule has 5 heteroatoms. The van der Waals surface area contributed by atoms with Gasteiger partial charge in [-0.1, -0.05) is 126 Å². The molecule has 2 heterocycles. The maximum atomic E-state index is 12.9. The Morgan fingerprint density at radius 1 is 0.733 bits per heavy atom. The zero-order valence-corrected chi connectivity index (χ0v) is 28.8. The molecule has 5 nitrogen and oxygen atoms in total. The van der Waals surface area contributed by atoms with E-state index in [4.69, 9.17) is 0 Å². The van der Waals surface area contributed by atoms with Gasteiger partial charge in [0, 0.05) is 26.2 Å². The van der Waals surface area contributed by atoms with Gasteiger partial charge in [0.25, 0.3) is 0 Å². The number of aryl methyl sites for hydroxylation is 1. The Bertz CT molecular complexity index is 1140. The maximum absolute atomic E-state index is 12.9. The number of likely N-dealkylation sites (tertiary alicyclic amines) is 2. The lowest BCUT2D eigenvalue weighted by Gasteiger charge is -2.32. The summed E-state index contributed by atoms with van der Waals surface area (Å²) in [5.74, 6) is 0.178. The standard InChI is InChI=1S/C22H28N2O.C13H20N2.2C2H6.CH4/c1-18-9-8-12-20(15-18)21(17-24-13-6-7-14-24)23(2)22(25)16-19-10-4-3-5-11-19;1-14-13(11-15-9-5-6-10-15)12-7-3-2-4-8-12;2*1-2;/h3-5,8-12,15,21H,6-7,13-14,16-17H2,1-2H3;2-4,7-8,13-14H,5-6,9-11H2,1H3;2*1-2H3;1H4/t21-;13-;;;/m11.../s1. The van der Waals surface area contributed by atoms with Gasteiger partial charge in [0.2, 0.25) is 5.91 Å². The van der Waals surface area contributed by atoms with E-state index in [0.717, 1.165) is 31.7 Å². The van der Waals surface area contributed by atoms with Gasteiger partial charge in [0.15, 0.2) is 0 Å². The predicted molar refractivity (Wildman–Crippen MR) is 196 cm³/mol. The third-order valence-electron chi connectivity index (χ3n) is 8.31. The molecule has 0 bridgehead atoms. The van der Waals surface area contributed by atoms with Crippen LogP contribution in [0.2, 0.25) is 0 Å². The SMILES string of the molecule is C.CC.CC.CN[C@H](CN1CCCC1)c1ccccc1.Cc1cccc([C@@H](CN2CCCC2)N(C)C(=O)Cc2ccccc2)c1. The molecule has 3 aromatic rings. The Balaban J connectivity index is 0.000000434. The number of carbonyl (C=O) groups is 1. The van der Waals surface area contributed by atoms with Crippen molar-refractivity contribution in [3.63, 3.8) is 0 Å². The molecule has 1 amide bonds. The summed E-state index contributed by atoms with van der Waals surface area (Å²) in [4.78, 5) is 19.9. The van der Waals surface area contributed by atoms with E-state index < -0.39 is 0 Å². The molecule has 250 valence electrons. The van der Waals surface area contributed by atoms with E-state index in [1.54, 1.807) is 0 Å². The summed E-state index contributed by atoms with van der Waals surface area (Å²) >= 11 is 0. The minimum atomic E-state index is 0. The number of likely N-dealkylation sites (N-methyl/N-ethyl adjacent to an activating group) is 2. The van der Waals surface area contributed by atoms with Crippen LogP contribution < -0.4 is 5.32 Å². The first-order valence-electron chi connectivity index (χ1n) is 17.1. The van der Waals surface area contributed by atoms with E-state index in [-0.39, 0.29) is 19.4 Å². The van der Waals surface area contributed by atoms with E-state index in [1.807, 2.05) is 77.0 Å². The number of nitrogens with one attached hydrogen (secondary N) is 1. The molecule has 0 radical (unpaired) electrons. The van der Waals surface area contributed by atoms with Crippen molar-refractivity contribution in [3.8, 4) is 0 Å². The van der Waals surface area contributed by atoms with Gasteiger partial charge in [-0.2, -0.15) is 0 Å². The van der Waals surface area contributed by atoms with Gasteiger partial charge in [-0.25, -0.2) is 0 Å². The molecule has 5 rings (SSSR count). The van der Waals surface area contributed by atoms with Gasteiger partial charge < -0.3 is 20.0 Å². The zero-order valence-electron chi connectivity index (χ0n) is 28.8. The Hall–Kier alpha value is -2.99. The molecule has 2 aliphatic rings. The zero-order chi connectivity index (χ0) is 32.2. The van der Waals surface area contributed by atoms with Crippen LogP contribution in [0.4, 0.5) is 0 Å². The second kappa shape index (κ2) is 23.4. The van der Waals surface area contributed by atoms with Gasteiger partial charge >= 0.3 is 0 Å². The molecule has 2 fully saturated rings. The lowest BCUT2D eigenvalue weighted by molar-refractivity contribution is -0.131. The highest BCUT2D eigenvalue weighted by atomic mass is 16.2. The van der Waals surface area contributed by atoms with Crippen LogP contribution in [0, 0.1) is 6.92 Å². The van der Waals surface area contributed by atoms with Crippen molar-refractivity contribution in [2.45, 2.75) is 86.2 Å². The lowest BCUT2D eigenvalue weighted by Crippen LogP contribution is -2.39. The number of hydrogen-bond acceptors (Lipinski definition) is 4. The second-order valence-corrected chi connectivity index (χ2v) is 11.4. The van der Waals surface area contributed by atoms with E-state index in [9.17, 15) is 4.79 Å². The molecule has 0 saturated carbocycles. The monoisotopic (exact) mass is 617 g/mol. The Morgan fingerprint density at radius 3 is 1.73 bits per heavy atom. The molecule has 0 aromatic heterocycles. The first kappa shape index (κ1) is 40.0. The number of hydrogen-bond donors (Lipinski definition) is 1. The van der Waals surface area contributed by atoms with Crippen molar-refractivity contribution >= 4 is 5.91 Å². The van der Waals surface area contributed by atoms with E-state index >= 15 is 0 Å². The van der Waals surface area contributed by atoms with Crippen LogP contribution in [0.1, 0.15) is 95.1 Å². The van der Waals surface area contributed by atoms with Crippen LogP contribution in [0.5, 0.6) is 0 Å². The lowest BCUT2D eigenvalue weighted by atomic mass is 10.0. The number of rotatable bonds is 10. The summed E-state index contributed by atoms with van der Waals surface area (Å²) in [6, 6.07) is 29.9. The van der Waals surface area contributed by atoms with Crippen molar-refractivity contribution in [1.29, 1.82) is 0 Å². The van der Waals surface area contributed by atoms with Crippen molar-refractivity contribution in [1.82, 2.24) is 20.0 Å². The molecule has 0 unspecified atom stereocenters. The van der Waals surface area contributed by atoms with Crippen LogP contribution in [0.3, 0.4) is 0 Å². The summed E-state index contributed by atoms with van der Waals surface area (Å²) < 4.78 is 0. The van der Waals surface area contributed by atoms with Gasteiger partial charge in [-0.3, -0.25) is 4.79 Å². The Kier molecular flexibility index (Phi) is 20.8. The third-order valence-corrected chi connectivity index (χ3v) is 8.31. The summed E-state index contributed by atoms with van der Waals surface area (Å²) in [5, 5.41) is 3.40. The maximum Gasteiger partial charge on any atom is 0.227 e. The van der Waals surface area contributed by atoms with E-state index in [1.165, 1.54) is 55.5 Å². The molecule has 1 N–H and O–H groups in total. The molecule has 2 aliphatic heterocycles. The number of benzene rings is 3. The van der Waals surface area contributed by atoms with Crippen molar-refractivity contribution in [2.24, 2.45) is 0 Å². The summed E-state index contributed by atoms with van der Waals surface area (Å²) in [7, 11) is 4.00. The fraction of sp³-hybridized carbons (Fsp3) is 0.525. The van der Waals surface area contributed by atoms with Crippen molar-refractivity contribution in [3.05, 3.63) is 107 Å². The molecule has 3 aromatic carbocycles. The van der Waals surface area contributed by atoms with Crippen molar-refractivity contribution in [2.75, 3.05) is 53.4 Å². The minimum absolute atomic E-state index is 0. The van der Waals surface area contributed by atoms with Crippen LogP contribution in [0.25, 0.3) is 0 Å². The fourth-order valence-corrected chi connectivity index (χ4v) is 5.88. The first-order valence-corrected chi connectivity index (χ1v) is 17.1. The highest BCUT2D eigenvalue weighted by Gasteiger charge is 2.25. The molecule has 2 atom stereocenters. The summed E-state index contributed by atoms with van der Waals surface area (Å²) in [6.45, 7) is 17.0. The number of nitrogens with zero attached hydrogens (tertiary/aromatic N) is 3. The fourth-order valence-electron chi connectivity index (χ4n) is 5.88. The topological polar surface area (TPSA) is 38.8 Å². The smallest absolute Gasteiger partial charge is 0.227 e. The minimum Gasteiger partial charge on any atom is -0.337 e. The van der Waals surface area contributed by atoms with E-state index in [2.05, 4.69) is 76.6 Å². The van der Waals surface area contributed by atoms with Crippen LogP contribution in [0.15, 0.2) is 84.9 Å². The third kappa shape index (κ3) is 13.9. The van der Waals surface area contributed by atoms with Crippen molar-refractivity contribution < 1.29 is 4.79 Å². The highest BCUT2D eigenvalue weighted by Crippen LogP contribution is 2.24. The van der Waals surface area contributed by atoms with Crippen LogP contribution in [-0.4, -0.2) is 74.0 Å². The second-order valence-electron chi connectivity index (χ2n) is 11.4. The Labute approximate surface area is 277 Å². The van der Waals surface area contributed by atoms with Gasteiger partial charge in [-0.05, 0) is 82.5 Å². The Morgan fingerprint density at radius 2 is 1.22 bits per heavy atom. The quantitative estimate of drug-likeness (QED) is 0.248. The normalized spacial score (nSPS) is 15.5. The average Bonchev–Trinajstić information content (AvgIpc) is 3.80. The largest absolute Gasteiger partial charge is 0.337 e. The molecule has 0 aliphatic carbocycles. The van der Waals surface area contributed by atoms with Gasteiger partial charge in [0.05, 0.1) is 12.5 Å². The van der Waals surface area contributed by atoms with E-state index in [0.29, 0.717) is 12.5 Å².